The Labute approximate surface area is 247 Å². The van der Waals surface area contributed by atoms with Gasteiger partial charge in [-0.15, -0.1) is 0 Å². The van der Waals surface area contributed by atoms with Crippen molar-refractivity contribution in [1.82, 2.24) is 0 Å². The molecule has 0 bridgehead atoms. The molecule has 0 N–H and O–H groups in total. The molecular formula is C39H36P2. The van der Waals surface area contributed by atoms with E-state index in [1.807, 2.05) is 0 Å². The van der Waals surface area contributed by atoms with Gasteiger partial charge in [0, 0.05) is 0 Å². The van der Waals surface area contributed by atoms with Gasteiger partial charge in [0.2, 0.25) is 0 Å². The van der Waals surface area contributed by atoms with Gasteiger partial charge in [0.05, 0.1) is 0 Å². The fourth-order valence-corrected chi connectivity index (χ4v) is 15.7. The summed E-state index contributed by atoms with van der Waals surface area (Å²) in [5.74, 6) is 0.928. The maximum atomic E-state index is 3.25. The van der Waals surface area contributed by atoms with E-state index in [-0.39, 0.29) is 0 Å². The molecule has 0 saturated heterocycles. The molecule has 41 heavy (non-hydrogen) atoms. The van der Waals surface area contributed by atoms with E-state index in [1.165, 1.54) is 32.6 Å². The van der Waals surface area contributed by atoms with Gasteiger partial charge in [-0.25, -0.2) is 0 Å². The van der Waals surface area contributed by atoms with Gasteiger partial charge in [-0.1, -0.05) is 0 Å². The van der Waals surface area contributed by atoms with Gasteiger partial charge in [0.15, 0.2) is 0 Å². The summed E-state index contributed by atoms with van der Waals surface area (Å²) in [5.41, 5.74) is 3.52. The van der Waals surface area contributed by atoms with Crippen molar-refractivity contribution < 1.29 is 0 Å². The molecule has 6 aromatic rings. The van der Waals surface area contributed by atoms with Crippen molar-refractivity contribution in [2.45, 2.75) is 5.41 Å². The number of rotatable bonds is 9. The van der Waals surface area contributed by atoms with Gasteiger partial charge in [0.25, 0.3) is 0 Å². The third-order valence-electron chi connectivity index (χ3n) is 8.93. The van der Waals surface area contributed by atoms with Crippen LogP contribution in [0.25, 0.3) is 0 Å². The first-order valence-corrected chi connectivity index (χ1v) is 17.7. The second-order valence-electron chi connectivity index (χ2n) is 10.9. The number of hydrogen-bond acceptors (Lipinski definition) is 0. The number of hydrogen-bond donors (Lipinski definition) is 0. The quantitative estimate of drug-likeness (QED) is 0.122. The predicted molar refractivity (Wildman–Crippen MR) is 184 cm³/mol. The summed E-state index contributed by atoms with van der Waals surface area (Å²) in [6.07, 6.45) is 0.915. The van der Waals surface area contributed by atoms with Crippen LogP contribution in [0.2, 0.25) is 0 Å². The van der Waals surface area contributed by atoms with Gasteiger partial charge in [-0.2, -0.15) is 0 Å². The molecule has 0 heterocycles. The third kappa shape index (κ3) is 4.48. The summed E-state index contributed by atoms with van der Waals surface area (Å²) < 4.78 is 0. The van der Waals surface area contributed by atoms with Crippen molar-refractivity contribution >= 4 is 31.8 Å². The molecule has 0 spiro atoms. The molecule has 0 nitrogen and oxygen atoms in total. The molecule has 6 aromatic carbocycles. The fourth-order valence-electron chi connectivity index (χ4n) is 6.93. The van der Waals surface area contributed by atoms with Crippen LogP contribution in [0.15, 0.2) is 182 Å². The molecule has 0 aliphatic carbocycles. The Hall–Kier alpha value is -3.82. The molecule has 0 fully saturated rings. The van der Waals surface area contributed by atoms with Crippen molar-refractivity contribution in [3.8, 4) is 0 Å². The molecule has 2 heteroatoms. The Morgan fingerprint density at radius 1 is 0.366 bits per heavy atom. The van der Waals surface area contributed by atoms with Gasteiger partial charge in [-0.3, -0.25) is 0 Å². The molecule has 202 valence electrons. The summed E-state index contributed by atoms with van der Waals surface area (Å²) in [6, 6.07) is 67.6. The van der Waals surface area contributed by atoms with Gasteiger partial charge in [-0.05, 0) is 0 Å². The van der Waals surface area contributed by atoms with Crippen molar-refractivity contribution in [2.24, 2.45) is 0 Å². The van der Waals surface area contributed by atoms with E-state index in [4.69, 9.17) is 0 Å². The molecule has 0 radical (unpaired) electrons. The molecule has 0 saturated carbocycles. The van der Waals surface area contributed by atoms with E-state index in [0.29, 0.717) is 0 Å². The van der Waals surface area contributed by atoms with E-state index in [2.05, 4.69) is 191 Å². The van der Waals surface area contributed by atoms with Crippen molar-refractivity contribution in [2.75, 3.05) is 12.1 Å². The molecule has 6 rings (SSSR count). The zero-order valence-corrected chi connectivity index (χ0v) is 25.3. The third-order valence-corrected chi connectivity index (χ3v) is 18.0. The summed E-state index contributed by atoms with van der Waals surface area (Å²) in [5, 5.41) is 4.24. The van der Waals surface area contributed by atoms with Crippen LogP contribution in [-0.2, 0) is 5.41 Å². The van der Waals surface area contributed by atoms with Crippen molar-refractivity contribution in [3.05, 3.63) is 199 Å². The zero-order valence-electron chi connectivity index (χ0n) is 23.3. The van der Waals surface area contributed by atoms with E-state index >= 15 is 0 Å². The Balaban J connectivity index is 1.84. The number of benzene rings is 6. The monoisotopic (exact) mass is 566 g/mol. The van der Waals surface area contributed by atoms with Crippen LogP contribution >= 0.6 is 15.8 Å². The first-order chi connectivity index (χ1) is 20.2. The fraction of sp³-hybridized carbons (Fsp3) is 0.0769. The van der Waals surface area contributed by atoms with Gasteiger partial charge >= 0.3 is 248 Å². The van der Waals surface area contributed by atoms with Gasteiger partial charge in [0.1, 0.15) is 0 Å². The molecule has 0 aliphatic rings. The first-order valence-electron chi connectivity index (χ1n) is 14.3. The van der Waals surface area contributed by atoms with Crippen LogP contribution in [0.3, 0.4) is 0 Å². The molecule has 0 amide bonds. The van der Waals surface area contributed by atoms with Crippen molar-refractivity contribution in [1.29, 1.82) is 0 Å². The minimum absolute atomic E-state index is 0.417. The normalized spacial score (nSPS) is 12.8. The van der Waals surface area contributed by atoms with Gasteiger partial charge < -0.3 is 0 Å². The second-order valence-corrected chi connectivity index (χ2v) is 17.2. The topological polar surface area (TPSA) is 0 Å². The zero-order chi connectivity index (χ0) is 28.0. The molecular weight excluding hydrogens is 530 g/mol. The van der Waals surface area contributed by atoms with Crippen molar-refractivity contribution in [3.63, 3.8) is 0 Å². The summed E-state index contributed by atoms with van der Waals surface area (Å²) >= 11 is 0. The van der Waals surface area contributed by atoms with E-state index in [1.54, 1.807) is 0 Å². The Kier molecular flexibility index (Phi) is 7.73. The van der Waals surface area contributed by atoms with Crippen LogP contribution in [0.1, 0.15) is 16.7 Å². The average Bonchev–Trinajstić information content (AvgIpc) is 3.08. The van der Waals surface area contributed by atoms with Crippen LogP contribution in [0.4, 0.5) is 0 Å². The molecule has 0 aliphatic heterocycles. The average molecular weight is 567 g/mol. The SMILES string of the molecule is PCP(CC(c1ccccc1)(c1ccccc1)c1ccccc1)(c1ccccc1)(c1ccccc1)c1ccccc1. The van der Waals surface area contributed by atoms with E-state index in [9.17, 15) is 0 Å². The first kappa shape index (κ1) is 27.4. The Bertz CT molecular complexity index is 1470. The molecule has 1 atom stereocenters. The minimum atomic E-state index is -3.21. The molecule has 1 unspecified atom stereocenters. The second kappa shape index (κ2) is 11.6. The molecule has 0 aromatic heterocycles. The van der Waals surface area contributed by atoms with Crippen LogP contribution in [-0.4, -0.2) is 12.1 Å². The van der Waals surface area contributed by atoms with E-state index < -0.39 is 12.0 Å². The maximum absolute atomic E-state index is 3.25. The van der Waals surface area contributed by atoms with Crippen LogP contribution in [0, 0.1) is 0 Å². The van der Waals surface area contributed by atoms with Crippen LogP contribution < -0.4 is 15.9 Å². The summed E-state index contributed by atoms with van der Waals surface area (Å²) in [6.45, 7) is -3.21. The summed E-state index contributed by atoms with van der Waals surface area (Å²) in [7, 11) is 3.25. The Morgan fingerprint density at radius 2 is 0.610 bits per heavy atom. The standard InChI is InChI=1S/C39H36P2/c40-32-41(36-25-13-4-14-26-36,37-27-15-5-16-28-37,38-29-17-6-18-30-38)31-39(33-19-7-1-8-20-33,34-21-9-2-10-22-34)35-23-11-3-12-24-35/h1-30H,31-32,40H2. The summed E-state index contributed by atoms with van der Waals surface area (Å²) in [4.78, 5) is 0. The van der Waals surface area contributed by atoms with E-state index in [0.717, 1.165) is 12.1 Å². The Morgan fingerprint density at radius 3 is 0.854 bits per heavy atom. The predicted octanol–water partition coefficient (Wildman–Crippen LogP) is 8.38. The van der Waals surface area contributed by atoms with Crippen LogP contribution in [0.5, 0.6) is 0 Å².